The van der Waals surface area contributed by atoms with Gasteiger partial charge in [-0.15, -0.1) is 0 Å². The molecule has 0 N–H and O–H groups in total. The molecule has 23 heavy (non-hydrogen) atoms. The van der Waals surface area contributed by atoms with Crippen molar-refractivity contribution in [3.8, 4) is 0 Å². The zero-order valence-corrected chi connectivity index (χ0v) is 13.2. The Kier molecular flexibility index (Phi) is 3.10. The highest BCUT2D eigenvalue weighted by Gasteiger charge is 2.67. The van der Waals surface area contributed by atoms with Crippen molar-refractivity contribution in [2.24, 2.45) is 11.8 Å². The number of aryl methyl sites for hydroxylation is 1. The first-order valence-electron chi connectivity index (χ1n) is 7.95. The number of methoxy groups -OCH3 is 1. The molecular formula is C18H19NO4. The second-order valence-corrected chi connectivity index (χ2v) is 6.37. The average molecular weight is 313 g/mol. The molecule has 2 saturated heterocycles. The Labute approximate surface area is 134 Å². The molecule has 4 rings (SSSR count). The predicted octanol–water partition coefficient (Wildman–Crippen LogP) is 1.71. The highest BCUT2D eigenvalue weighted by molar-refractivity contribution is 6.02. The topological polar surface area (TPSA) is 55.8 Å². The SMILES string of the molecule is CCc1ccc(N2CC34C=C[C@@H](O3)[C@H](C(=O)OC)[C@@H]4C2=O)cc1. The van der Waals surface area contributed by atoms with Gasteiger partial charge in [0.05, 0.1) is 25.7 Å². The zero-order chi connectivity index (χ0) is 16.2. The lowest BCUT2D eigenvalue weighted by atomic mass is 9.77. The van der Waals surface area contributed by atoms with Gasteiger partial charge in [-0.3, -0.25) is 9.59 Å². The van der Waals surface area contributed by atoms with Gasteiger partial charge in [0.2, 0.25) is 5.91 Å². The quantitative estimate of drug-likeness (QED) is 0.630. The summed E-state index contributed by atoms with van der Waals surface area (Å²) in [7, 11) is 1.35. The summed E-state index contributed by atoms with van der Waals surface area (Å²) in [4.78, 5) is 26.8. The zero-order valence-electron chi connectivity index (χ0n) is 13.2. The van der Waals surface area contributed by atoms with Crippen molar-refractivity contribution < 1.29 is 19.1 Å². The van der Waals surface area contributed by atoms with E-state index < -0.39 is 17.4 Å². The summed E-state index contributed by atoms with van der Waals surface area (Å²) < 4.78 is 10.9. The van der Waals surface area contributed by atoms with E-state index in [1.807, 2.05) is 36.4 Å². The monoisotopic (exact) mass is 313 g/mol. The van der Waals surface area contributed by atoms with Crippen molar-refractivity contribution in [3.63, 3.8) is 0 Å². The van der Waals surface area contributed by atoms with Gasteiger partial charge in [0.25, 0.3) is 0 Å². The maximum Gasteiger partial charge on any atom is 0.312 e. The maximum atomic E-state index is 13.0. The average Bonchev–Trinajstić information content (AvgIpc) is 3.22. The van der Waals surface area contributed by atoms with Crippen LogP contribution in [0.15, 0.2) is 36.4 Å². The molecule has 5 nitrogen and oxygen atoms in total. The molecule has 2 bridgehead atoms. The summed E-state index contributed by atoms with van der Waals surface area (Å²) in [5.41, 5.74) is 1.38. The lowest BCUT2D eigenvalue weighted by Crippen LogP contribution is -2.39. The Morgan fingerprint density at radius 1 is 1.39 bits per heavy atom. The highest BCUT2D eigenvalue weighted by atomic mass is 16.5. The minimum absolute atomic E-state index is 0.0588. The number of hydrogen-bond donors (Lipinski definition) is 0. The number of anilines is 1. The lowest BCUT2D eigenvalue weighted by Gasteiger charge is -2.22. The van der Waals surface area contributed by atoms with Gasteiger partial charge in [-0.1, -0.05) is 31.2 Å². The number of fused-ring (bicyclic) bond motifs is 1. The summed E-state index contributed by atoms with van der Waals surface area (Å²) >= 11 is 0. The molecule has 1 spiro atoms. The Morgan fingerprint density at radius 3 is 2.78 bits per heavy atom. The van der Waals surface area contributed by atoms with E-state index in [1.165, 1.54) is 12.7 Å². The molecule has 1 aromatic rings. The van der Waals surface area contributed by atoms with Gasteiger partial charge in [-0.05, 0) is 24.1 Å². The standard InChI is InChI=1S/C18H19NO4/c1-3-11-4-6-12(7-5-11)19-10-18-9-8-13(23-18)14(17(21)22-2)15(18)16(19)20/h4-9,13-15H,3,10H2,1-2H3/t13-,14+,15-,18?/m1/s1. The van der Waals surface area contributed by atoms with Crippen LogP contribution in [-0.4, -0.2) is 37.2 Å². The predicted molar refractivity (Wildman–Crippen MR) is 83.9 cm³/mol. The van der Waals surface area contributed by atoms with Crippen LogP contribution in [0.4, 0.5) is 5.69 Å². The first-order chi connectivity index (χ1) is 11.1. The van der Waals surface area contributed by atoms with Crippen molar-refractivity contribution in [2.75, 3.05) is 18.6 Å². The normalized spacial score (nSPS) is 34.1. The summed E-state index contributed by atoms with van der Waals surface area (Å²) in [5, 5.41) is 0. The second kappa shape index (κ2) is 4.93. The molecule has 0 radical (unpaired) electrons. The van der Waals surface area contributed by atoms with Crippen LogP contribution in [-0.2, 0) is 25.5 Å². The van der Waals surface area contributed by atoms with E-state index >= 15 is 0 Å². The molecule has 4 atom stereocenters. The number of hydrogen-bond acceptors (Lipinski definition) is 4. The largest absolute Gasteiger partial charge is 0.469 e. The Bertz CT molecular complexity index is 695. The van der Waals surface area contributed by atoms with E-state index in [2.05, 4.69) is 6.92 Å². The maximum absolute atomic E-state index is 13.0. The summed E-state index contributed by atoms with van der Waals surface area (Å²) in [6.07, 6.45) is 4.44. The molecule has 2 fully saturated rings. The lowest BCUT2D eigenvalue weighted by molar-refractivity contribution is -0.149. The van der Waals surface area contributed by atoms with Gasteiger partial charge in [0, 0.05) is 5.69 Å². The van der Waals surface area contributed by atoms with Crippen LogP contribution in [0.2, 0.25) is 0 Å². The van der Waals surface area contributed by atoms with Crippen molar-refractivity contribution in [1.82, 2.24) is 0 Å². The van der Waals surface area contributed by atoms with Crippen LogP contribution < -0.4 is 4.90 Å². The van der Waals surface area contributed by atoms with Crippen LogP contribution in [0.25, 0.3) is 0 Å². The molecule has 0 aromatic heterocycles. The Balaban J connectivity index is 1.68. The minimum atomic E-state index is -0.690. The molecule has 120 valence electrons. The fourth-order valence-corrected chi connectivity index (χ4v) is 4.03. The van der Waals surface area contributed by atoms with E-state index in [-0.39, 0.29) is 18.0 Å². The van der Waals surface area contributed by atoms with Crippen molar-refractivity contribution >= 4 is 17.6 Å². The van der Waals surface area contributed by atoms with Crippen molar-refractivity contribution in [3.05, 3.63) is 42.0 Å². The van der Waals surface area contributed by atoms with Crippen molar-refractivity contribution in [1.29, 1.82) is 0 Å². The molecule has 5 heteroatoms. The van der Waals surface area contributed by atoms with E-state index in [9.17, 15) is 9.59 Å². The first kappa shape index (κ1) is 14.5. The van der Waals surface area contributed by atoms with Gasteiger partial charge < -0.3 is 14.4 Å². The number of benzene rings is 1. The number of rotatable bonds is 3. The van der Waals surface area contributed by atoms with E-state index in [1.54, 1.807) is 4.90 Å². The first-order valence-corrected chi connectivity index (χ1v) is 7.95. The van der Waals surface area contributed by atoms with Crippen LogP contribution >= 0.6 is 0 Å². The van der Waals surface area contributed by atoms with Crippen LogP contribution in [0, 0.1) is 11.8 Å². The smallest absolute Gasteiger partial charge is 0.312 e. The number of carbonyl (C=O) groups excluding carboxylic acids is 2. The number of esters is 1. The van der Waals surface area contributed by atoms with Gasteiger partial charge in [-0.25, -0.2) is 0 Å². The highest BCUT2D eigenvalue weighted by Crippen LogP contribution is 2.52. The Hall–Kier alpha value is -2.14. The van der Waals surface area contributed by atoms with Gasteiger partial charge in [-0.2, -0.15) is 0 Å². The van der Waals surface area contributed by atoms with E-state index in [0.29, 0.717) is 6.54 Å². The van der Waals surface area contributed by atoms with E-state index in [4.69, 9.17) is 9.47 Å². The van der Waals surface area contributed by atoms with Crippen LogP contribution in [0.3, 0.4) is 0 Å². The molecule has 0 aliphatic carbocycles. The molecule has 1 amide bonds. The number of amides is 1. The number of nitrogens with zero attached hydrogens (tertiary/aromatic N) is 1. The third-order valence-corrected chi connectivity index (χ3v) is 5.23. The molecule has 3 aliphatic heterocycles. The number of ether oxygens (including phenoxy) is 2. The third kappa shape index (κ3) is 1.89. The van der Waals surface area contributed by atoms with Crippen LogP contribution in [0.1, 0.15) is 12.5 Å². The molecular weight excluding hydrogens is 294 g/mol. The number of carbonyl (C=O) groups is 2. The van der Waals surface area contributed by atoms with Gasteiger partial charge in [0.15, 0.2) is 0 Å². The summed E-state index contributed by atoms with van der Waals surface area (Å²) in [5.74, 6) is -1.47. The molecule has 3 aliphatic rings. The molecule has 1 unspecified atom stereocenters. The second-order valence-electron chi connectivity index (χ2n) is 6.37. The fourth-order valence-electron chi connectivity index (χ4n) is 4.03. The molecule has 1 aromatic carbocycles. The molecule has 0 saturated carbocycles. The summed E-state index contributed by atoms with van der Waals surface area (Å²) in [6, 6.07) is 7.97. The van der Waals surface area contributed by atoms with Gasteiger partial charge in [0.1, 0.15) is 11.5 Å². The minimum Gasteiger partial charge on any atom is -0.469 e. The summed E-state index contributed by atoms with van der Waals surface area (Å²) in [6.45, 7) is 2.54. The van der Waals surface area contributed by atoms with E-state index in [0.717, 1.165) is 12.1 Å². The Morgan fingerprint density at radius 2 is 2.13 bits per heavy atom. The van der Waals surface area contributed by atoms with Gasteiger partial charge >= 0.3 is 5.97 Å². The fraction of sp³-hybridized carbons (Fsp3) is 0.444. The molecule has 3 heterocycles. The third-order valence-electron chi connectivity index (χ3n) is 5.23. The van der Waals surface area contributed by atoms with Crippen molar-refractivity contribution in [2.45, 2.75) is 25.0 Å². The van der Waals surface area contributed by atoms with Crippen LogP contribution in [0.5, 0.6) is 0 Å².